The van der Waals surface area contributed by atoms with Crippen LogP contribution in [0.15, 0.2) is 0 Å². The number of alkyl halides is 3. The summed E-state index contributed by atoms with van der Waals surface area (Å²) in [6, 6.07) is 0. The molecule has 3 rings (SSSR count). The molecule has 8 nitrogen and oxygen atoms in total. The van der Waals surface area contributed by atoms with Crippen LogP contribution in [0.5, 0.6) is 0 Å². The van der Waals surface area contributed by atoms with Crippen molar-refractivity contribution in [1.82, 2.24) is 19.0 Å². The number of hydrogen-bond donors (Lipinski definition) is 1. The summed E-state index contributed by atoms with van der Waals surface area (Å²) in [5.41, 5.74) is 3.37. The van der Waals surface area contributed by atoms with Crippen LogP contribution in [0.4, 0.5) is 13.2 Å². The second-order valence-electron chi connectivity index (χ2n) is 6.86. The average molecular weight is 412 g/mol. The molecule has 1 aromatic heterocycles. The van der Waals surface area contributed by atoms with Crippen molar-refractivity contribution in [2.45, 2.75) is 43.8 Å². The van der Waals surface area contributed by atoms with Crippen LogP contribution in [0.3, 0.4) is 0 Å². The maximum absolute atomic E-state index is 12.3. The van der Waals surface area contributed by atoms with Crippen molar-refractivity contribution < 1.29 is 31.5 Å². The topological polar surface area (TPSA) is 95.7 Å². The number of aliphatic carboxylic acids is 1. The van der Waals surface area contributed by atoms with Crippen molar-refractivity contribution >= 4 is 16.0 Å². The van der Waals surface area contributed by atoms with Gasteiger partial charge in [0.2, 0.25) is 10.0 Å². The Labute approximate surface area is 155 Å². The van der Waals surface area contributed by atoms with Crippen molar-refractivity contribution in [2.24, 2.45) is 7.05 Å². The van der Waals surface area contributed by atoms with Gasteiger partial charge in [-0.2, -0.15) is 22.6 Å². The second-order valence-corrected chi connectivity index (χ2v) is 9.08. The fourth-order valence-corrected chi connectivity index (χ4v) is 4.65. The van der Waals surface area contributed by atoms with Crippen LogP contribution in [0.2, 0.25) is 0 Å². The first-order chi connectivity index (χ1) is 12.3. The number of fused-ring (bicyclic) bond motifs is 1. The first kappa shape index (κ1) is 21.6. The number of rotatable bonds is 4. The van der Waals surface area contributed by atoms with Gasteiger partial charge in [-0.15, -0.1) is 0 Å². The SMILES string of the molecule is CN(C)Cc1nn(C)c2c1CCN(S(=O)(=O)C1CC1)C2.O=C(O)C(F)(F)F. The van der Waals surface area contributed by atoms with Crippen LogP contribution in [-0.2, 0) is 41.4 Å². The Balaban J connectivity index is 0.000000321. The summed E-state index contributed by atoms with van der Waals surface area (Å²) in [5, 5.41) is 11.6. The van der Waals surface area contributed by atoms with E-state index in [9.17, 15) is 21.6 Å². The molecular weight excluding hydrogens is 389 g/mol. The molecule has 0 spiro atoms. The second kappa shape index (κ2) is 7.76. The normalized spacial score (nSPS) is 18.0. The number of carbonyl (C=O) groups is 1. The molecule has 2 heterocycles. The number of halogens is 3. The number of aryl methyl sites for hydroxylation is 1. The van der Waals surface area contributed by atoms with E-state index in [1.807, 2.05) is 25.8 Å². The summed E-state index contributed by atoms with van der Waals surface area (Å²) in [5.74, 6) is -2.76. The monoisotopic (exact) mass is 412 g/mol. The lowest BCUT2D eigenvalue weighted by molar-refractivity contribution is -0.192. The molecule has 0 atom stereocenters. The molecule has 27 heavy (non-hydrogen) atoms. The van der Waals surface area contributed by atoms with E-state index in [-0.39, 0.29) is 5.25 Å². The van der Waals surface area contributed by atoms with Crippen molar-refractivity contribution in [1.29, 1.82) is 0 Å². The van der Waals surface area contributed by atoms with E-state index in [1.165, 1.54) is 5.56 Å². The largest absolute Gasteiger partial charge is 0.490 e. The molecule has 1 fully saturated rings. The van der Waals surface area contributed by atoms with E-state index in [2.05, 4.69) is 10.00 Å². The molecule has 2 aliphatic rings. The number of sulfonamides is 1. The molecule has 1 N–H and O–H groups in total. The Hall–Kier alpha value is -1.66. The van der Waals surface area contributed by atoms with Crippen LogP contribution in [-0.4, -0.2) is 70.5 Å². The summed E-state index contributed by atoms with van der Waals surface area (Å²) in [7, 11) is 2.87. The molecule has 1 aromatic rings. The first-order valence-corrected chi connectivity index (χ1v) is 9.81. The van der Waals surface area contributed by atoms with Crippen LogP contribution in [0.1, 0.15) is 29.8 Å². The fourth-order valence-electron chi connectivity index (χ4n) is 2.85. The maximum atomic E-state index is 12.3. The lowest BCUT2D eigenvalue weighted by Gasteiger charge is -2.27. The van der Waals surface area contributed by atoms with E-state index in [4.69, 9.17) is 9.90 Å². The lowest BCUT2D eigenvalue weighted by Crippen LogP contribution is -2.38. The molecule has 0 radical (unpaired) electrons. The Morgan fingerprint density at radius 1 is 1.33 bits per heavy atom. The highest BCUT2D eigenvalue weighted by molar-refractivity contribution is 7.90. The maximum Gasteiger partial charge on any atom is 0.490 e. The summed E-state index contributed by atoms with van der Waals surface area (Å²) in [4.78, 5) is 11.0. The van der Waals surface area contributed by atoms with Crippen molar-refractivity contribution in [3.63, 3.8) is 0 Å². The summed E-state index contributed by atoms with van der Waals surface area (Å²) in [6.45, 7) is 1.88. The Morgan fingerprint density at radius 3 is 2.33 bits per heavy atom. The molecule has 1 saturated carbocycles. The van der Waals surface area contributed by atoms with Crippen molar-refractivity contribution in [3.8, 4) is 0 Å². The van der Waals surface area contributed by atoms with Gasteiger partial charge in [-0.1, -0.05) is 0 Å². The molecule has 12 heteroatoms. The highest BCUT2D eigenvalue weighted by atomic mass is 32.2. The molecule has 1 aliphatic carbocycles. The number of carboxylic acids is 1. The van der Waals surface area contributed by atoms with Gasteiger partial charge in [0, 0.05) is 25.7 Å². The Kier molecular flexibility index (Phi) is 6.22. The third kappa shape index (κ3) is 5.20. The predicted molar refractivity (Wildman–Crippen MR) is 90.3 cm³/mol. The van der Waals surface area contributed by atoms with Gasteiger partial charge in [0.05, 0.1) is 23.2 Å². The quantitative estimate of drug-likeness (QED) is 0.792. The van der Waals surface area contributed by atoms with Gasteiger partial charge in [0.25, 0.3) is 0 Å². The Morgan fingerprint density at radius 2 is 1.89 bits per heavy atom. The fraction of sp³-hybridized carbons (Fsp3) is 0.733. The van der Waals surface area contributed by atoms with E-state index >= 15 is 0 Å². The van der Waals surface area contributed by atoms with Crippen LogP contribution in [0.25, 0.3) is 0 Å². The minimum atomic E-state index is -5.08. The van der Waals surface area contributed by atoms with Crippen molar-refractivity contribution in [2.75, 3.05) is 20.6 Å². The first-order valence-electron chi connectivity index (χ1n) is 8.31. The lowest BCUT2D eigenvalue weighted by atomic mass is 10.1. The minimum Gasteiger partial charge on any atom is -0.475 e. The predicted octanol–water partition coefficient (Wildman–Crippen LogP) is 0.965. The third-order valence-electron chi connectivity index (χ3n) is 4.31. The zero-order valence-electron chi connectivity index (χ0n) is 15.3. The van der Waals surface area contributed by atoms with Crippen LogP contribution in [0, 0.1) is 0 Å². The van der Waals surface area contributed by atoms with E-state index in [0.29, 0.717) is 13.1 Å². The molecule has 1 aliphatic heterocycles. The highest BCUT2D eigenvalue weighted by Crippen LogP contribution is 2.34. The van der Waals surface area contributed by atoms with Crippen LogP contribution < -0.4 is 0 Å². The standard InChI is InChI=1S/C13H22N4O2S.C2HF3O2/c1-15(2)8-12-11-6-7-17(9-13(11)16(3)14-12)20(18,19)10-4-5-10;3-2(4,5)1(6)7/h10H,4-9H2,1-3H3;(H,6,7). The molecule has 0 unspecified atom stereocenters. The third-order valence-corrected chi connectivity index (χ3v) is 6.65. The average Bonchev–Trinajstić information content (AvgIpc) is 3.34. The highest BCUT2D eigenvalue weighted by Gasteiger charge is 2.42. The summed E-state index contributed by atoms with van der Waals surface area (Å²) in [6.07, 6.45) is -2.66. The number of hydrogen-bond acceptors (Lipinski definition) is 5. The van der Waals surface area contributed by atoms with Gasteiger partial charge in [0.15, 0.2) is 0 Å². The summed E-state index contributed by atoms with van der Waals surface area (Å²) >= 11 is 0. The van der Waals surface area contributed by atoms with Gasteiger partial charge >= 0.3 is 12.1 Å². The minimum absolute atomic E-state index is 0.126. The van der Waals surface area contributed by atoms with Gasteiger partial charge in [-0.3, -0.25) is 4.68 Å². The summed E-state index contributed by atoms with van der Waals surface area (Å²) < 4.78 is 59.9. The molecular formula is C15H23F3N4O4S. The molecule has 0 aromatic carbocycles. The van der Waals surface area contributed by atoms with E-state index in [0.717, 1.165) is 37.2 Å². The van der Waals surface area contributed by atoms with Crippen molar-refractivity contribution in [3.05, 3.63) is 17.0 Å². The number of nitrogens with zero attached hydrogens (tertiary/aromatic N) is 4. The molecule has 0 bridgehead atoms. The number of aromatic nitrogens is 2. The molecule has 0 amide bonds. The molecule has 0 saturated heterocycles. The zero-order chi connectivity index (χ0) is 20.6. The van der Waals surface area contributed by atoms with E-state index in [1.54, 1.807) is 4.31 Å². The van der Waals surface area contributed by atoms with Gasteiger partial charge in [0.1, 0.15) is 0 Å². The van der Waals surface area contributed by atoms with Gasteiger partial charge in [-0.25, -0.2) is 13.2 Å². The Bertz CT molecular complexity index is 801. The molecule has 154 valence electrons. The van der Waals surface area contributed by atoms with Gasteiger partial charge < -0.3 is 10.0 Å². The van der Waals surface area contributed by atoms with Crippen LogP contribution >= 0.6 is 0 Å². The van der Waals surface area contributed by atoms with Gasteiger partial charge in [-0.05, 0) is 33.4 Å². The smallest absolute Gasteiger partial charge is 0.475 e. The number of carboxylic acid groups (broad SMARTS) is 1. The zero-order valence-corrected chi connectivity index (χ0v) is 16.1. The van der Waals surface area contributed by atoms with E-state index < -0.39 is 22.2 Å².